The van der Waals surface area contributed by atoms with E-state index < -0.39 is 18.0 Å². The van der Waals surface area contributed by atoms with E-state index in [1.807, 2.05) is 0 Å². The van der Waals surface area contributed by atoms with Gasteiger partial charge in [-0.1, -0.05) is 18.2 Å². The third-order valence-corrected chi connectivity index (χ3v) is 3.10. The molecule has 1 amide bonds. The lowest BCUT2D eigenvalue weighted by molar-refractivity contribution is -0.139. The highest BCUT2D eigenvalue weighted by Gasteiger charge is 2.33. The molecule has 1 N–H and O–H groups in total. The van der Waals surface area contributed by atoms with Gasteiger partial charge in [-0.05, 0) is 31.9 Å². The number of anilines is 1. The van der Waals surface area contributed by atoms with E-state index in [1.165, 1.54) is 4.90 Å². The van der Waals surface area contributed by atoms with E-state index >= 15 is 0 Å². The number of carboxylic acids is 1. The topological polar surface area (TPSA) is 66.8 Å². The molecule has 0 aromatic heterocycles. The number of aliphatic carboxylic acids is 1. The number of hydrogen-bond donors (Lipinski definition) is 1. The lowest BCUT2D eigenvalue weighted by atomic mass is 9.90. The van der Waals surface area contributed by atoms with Gasteiger partial charge in [0, 0.05) is 6.54 Å². The van der Waals surface area contributed by atoms with Gasteiger partial charge >= 0.3 is 12.1 Å². The van der Waals surface area contributed by atoms with Crippen molar-refractivity contribution in [3.63, 3.8) is 0 Å². The number of ether oxygens (including phenoxy) is 1. The molecule has 1 atom stereocenters. The molecule has 1 unspecified atom stereocenters. The first kappa shape index (κ1) is 13.4. The summed E-state index contributed by atoms with van der Waals surface area (Å²) >= 11 is 0. The third-order valence-electron chi connectivity index (χ3n) is 3.10. The van der Waals surface area contributed by atoms with Crippen LogP contribution in [-0.2, 0) is 9.53 Å². The van der Waals surface area contributed by atoms with Crippen LogP contribution in [0.5, 0.6) is 0 Å². The summed E-state index contributed by atoms with van der Waals surface area (Å²) in [5.74, 6) is -1.41. The SMILES string of the molecule is CC(C)OC(=O)N1CCC(C(=O)O)c2ccccc21. The highest BCUT2D eigenvalue weighted by molar-refractivity contribution is 5.92. The summed E-state index contributed by atoms with van der Waals surface area (Å²) in [4.78, 5) is 24.7. The molecule has 0 bridgehead atoms. The first-order valence-corrected chi connectivity index (χ1v) is 6.30. The second kappa shape index (κ2) is 5.30. The van der Waals surface area contributed by atoms with Crippen LogP contribution in [0, 0.1) is 0 Å². The second-order valence-corrected chi connectivity index (χ2v) is 4.82. The first-order chi connectivity index (χ1) is 9.00. The number of rotatable bonds is 2. The van der Waals surface area contributed by atoms with E-state index in [9.17, 15) is 14.7 Å². The summed E-state index contributed by atoms with van der Waals surface area (Å²) in [5, 5.41) is 9.22. The van der Waals surface area contributed by atoms with Crippen LogP contribution in [0.25, 0.3) is 0 Å². The number of amides is 1. The standard InChI is InChI=1S/C14H17NO4/c1-9(2)19-14(18)15-8-7-11(13(16)17)10-5-3-4-6-12(10)15/h3-6,9,11H,7-8H2,1-2H3,(H,16,17). The first-order valence-electron chi connectivity index (χ1n) is 6.30. The molecule has 0 aliphatic carbocycles. The van der Waals surface area contributed by atoms with E-state index in [4.69, 9.17) is 4.74 Å². The molecule has 1 heterocycles. The van der Waals surface area contributed by atoms with Crippen molar-refractivity contribution in [1.29, 1.82) is 0 Å². The Hall–Kier alpha value is -2.04. The highest BCUT2D eigenvalue weighted by Crippen LogP contribution is 2.35. The van der Waals surface area contributed by atoms with Crippen LogP contribution in [0.4, 0.5) is 10.5 Å². The van der Waals surface area contributed by atoms with E-state index in [1.54, 1.807) is 38.1 Å². The van der Waals surface area contributed by atoms with E-state index in [2.05, 4.69) is 0 Å². The van der Waals surface area contributed by atoms with Crippen LogP contribution in [0.1, 0.15) is 31.7 Å². The van der Waals surface area contributed by atoms with Crippen molar-refractivity contribution in [2.45, 2.75) is 32.3 Å². The average Bonchev–Trinajstić information content (AvgIpc) is 2.36. The maximum Gasteiger partial charge on any atom is 0.414 e. The molecule has 0 radical (unpaired) electrons. The molecule has 0 spiro atoms. The summed E-state index contributed by atoms with van der Waals surface area (Å²) in [6.45, 7) is 3.93. The minimum Gasteiger partial charge on any atom is -0.481 e. The summed E-state index contributed by atoms with van der Waals surface area (Å²) in [7, 11) is 0. The fourth-order valence-corrected chi connectivity index (χ4v) is 2.27. The highest BCUT2D eigenvalue weighted by atomic mass is 16.6. The Kier molecular flexibility index (Phi) is 3.74. The Bertz CT molecular complexity index is 498. The summed E-state index contributed by atoms with van der Waals surface area (Å²) in [6.07, 6.45) is -0.220. The van der Waals surface area contributed by atoms with E-state index in [0.29, 0.717) is 24.2 Å². The fraction of sp³-hybridized carbons (Fsp3) is 0.429. The number of carboxylic acid groups (broad SMARTS) is 1. The maximum atomic E-state index is 12.0. The van der Waals surface area contributed by atoms with Gasteiger partial charge in [-0.2, -0.15) is 0 Å². The van der Waals surface area contributed by atoms with Crippen molar-refractivity contribution in [2.24, 2.45) is 0 Å². The number of hydrogen-bond acceptors (Lipinski definition) is 3. The molecule has 102 valence electrons. The van der Waals surface area contributed by atoms with Crippen molar-refractivity contribution >= 4 is 17.7 Å². The Morgan fingerprint density at radius 1 is 1.37 bits per heavy atom. The summed E-state index contributed by atoms with van der Waals surface area (Å²) in [5.41, 5.74) is 1.30. The smallest absolute Gasteiger partial charge is 0.414 e. The number of benzene rings is 1. The number of nitrogens with zero attached hydrogens (tertiary/aromatic N) is 1. The van der Waals surface area contributed by atoms with Gasteiger partial charge < -0.3 is 9.84 Å². The maximum absolute atomic E-state index is 12.0. The average molecular weight is 263 g/mol. The molecule has 19 heavy (non-hydrogen) atoms. The van der Waals surface area contributed by atoms with Crippen LogP contribution in [0.2, 0.25) is 0 Å². The zero-order chi connectivity index (χ0) is 14.0. The molecule has 0 fully saturated rings. The summed E-state index contributed by atoms with van der Waals surface area (Å²) in [6, 6.07) is 7.08. The lowest BCUT2D eigenvalue weighted by Crippen LogP contribution is -2.39. The minimum absolute atomic E-state index is 0.197. The second-order valence-electron chi connectivity index (χ2n) is 4.82. The van der Waals surface area contributed by atoms with Crippen LogP contribution in [0.15, 0.2) is 24.3 Å². The van der Waals surface area contributed by atoms with Crippen molar-refractivity contribution in [3.8, 4) is 0 Å². The normalized spacial score (nSPS) is 18.1. The van der Waals surface area contributed by atoms with Gasteiger partial charge in [-0.3, -0.25) is 9.69 Å². The Labute approximate surface area is 111 Å². The van der Waals surface area contributed by atoms with Crippen molar-refractivity contribution < 1.29 is 19.4 Å². The van der Waals surface area contributed by atoms with Gasteiger partial charge in [-0.15, -0.1) is 0 Å². The van der Waals surface area contributed by atoms with Gasteiger partial charge in [0.2, 0.25) is 0 Å². The van der Waals surface area contributed by atoms with Crippen molar-refractivity contribution in [2.75, 3.05) is 11.4 Å². The van der Waals surface area contributed by atoms with Crippen molar-refractivity contribution in [3.05, 3.63) is 29.8 Å². The van der Waals surface area contributed by atoms with E-state index in [0.717, 1.165) is 0 Å². The number of fused-ring (bicyclic) bond motifs is 1. The van der Waals surface area contributed by atoms with E-state index in [-0.39, 0.29) is 6.10 Å². The minimum atomic E-state index is -0.857. The quantitative estimate of drug-likeness (QED) is 0.890. The van der Waals surface area contributed by atoms with Crippen LogP contribution in [0.3, 0.4) is 0 Å². The molecule has 5 nitrogen and oxygen atoms in total. The Morgan fingerprint density at radius 3 is 2.68 bits per heavy atom. The molecule has 0 saturated heterocycles. The zero-order valence-electron chi connectivity index (χ0n) is 11.0. The van der Waals surface area contributed by atoms with Crippen LogP contribution >= 0.6 is 0 Å². The number of para-hydroxylation sites is 1. The van der Waals surface area contributed by atoms with Gasteiger partial charge in [0.05, 0.1) is 17.7 Å². The predicted octanol–water partition coefficient (Wildman–Crippen LogP) is 2.61. The number of carbonyl (C=O) groups is 2. The lowest BCUT2D eigenvalue weighted by Gasteiger charge is -2.32. The monoisotopic (exact) mass is 263 g/mol. The molecule has 2 rings (SSSR count). The Balaban J connectivity index is 2.33. The van der Waals surface area contributed by atoms with Crippen LogP contribution < -0.4 is 4.90 Å². The van der Waals surface area contributed by atoms with Gasteiger partial charge in [0.15, 0.2) is 0 Å². The van der Waals surface area contributed by atoms with Crippen LogP contribution in [-0.4, -0.2) is 29.8 Å². The fourth-order valence-electron chi connectivity index (χ4n) is 2.27. The molecule has 1 aliphatic heterocycles. The Morgan fingerprint density at radius 2 is 2.05 bits per heavy atom. The molecule has 1 aromatic rings. The predicted molar refractivity (Wildman–Crippen MR) is 70.4 cm³/mol. The van der Waals surface area contributed by atoms with Crippen molar-refractivity contribution in [1.82, 2.24) is 0 Å². The van der Waals surface area contributed by atoms with Gasteiger partial charge in [0.1, 0.15) is 0 Å². The molecular formula is C14H17NO4. The number of carbonyl (C=O) groups excluding carboxylic acids is 1. The largest absolute Gasteiger partial charge is 0.481 e. The summed E-state index contributed by atoms with van der Waals surface area (Å²) < 4.78 is 5.18. The zero-order valence-corrected chi connectivity index (χ0v) is 11.0. The molecule has 1 aliphatic rings. The molecular weight excluding hydrogens is 246 g/mol. The molecule has 1 aromatic carbocycles. The van der Waals surface area contributed by atoms with Gasteiger partial charge in [-0.25, -0.2) is 4.79 Å². The molecule has 0 saturated carbocycles. The third kappa shape index (κ3) is 2.70. The van der Waals surface area contributed by atoms with Gasteiger partial charge in [0.25, 0.3) is 0 Å². The molecule has 5 heteroatoms.